The molecule has 1 unspecified atom stereocenters. The van der Waals surface area contributed by atoms with Crippen molar-refractivity contribution in [3.05, 3.63) is 23.8 Å². The molecule has 2 rings (SSSR count). The fourth-order valence-corrected chi connectivity index (χ4v) is 3.24. The summed E-state index contributed by atoms with van der Waals surface area (Å²) in [6.07, 6.45) is 1.47. The number of anilines is 1. The summed E-state index contributed by atoms with van der Waals surface area (Å²) in [5.74, 6) is 0.0362. The normalized spacial score (nSPS) is 19.9. The second-order valence-electron chi connectivity index (χ2n) is 4.52. The highest BCUT2D eigenvalue weighted by Gasteiger charge is 2.23. The van der Waals surface area contributed by atoms with E-state index >= 15 is 0 Å². The Morgan fingerprint density at radius 2 is 2.28 bits per heavy atom. The molecule has 0 radical (unpaired) electrons. The monoisotopic (exact) mass is 271 g/mol. The number of aryl methyl sites for hydroxylation is 1. The quantitative estimate of drug-likeness (QED) is 0.872. The smallest absolute Gasteiger partial charge is 0.235 e. The SMILES string of the molecule is Cc1ccc(NS(=O)(=O)CC2CCCO2)cc1O. The minimum absolute atomic E-state index is 0.0400. The van der Waals surface area contributed by atoms with Crippen LogP contribution in [-0.4, -0.2) is 32.0 Å². The van der Waals surface area contributed by atoms with Crippen LogP contribution in [0.2, 0.25) is 0 Å². The van der Waals surface area contributed by atoms with Crippen molar-refractivity contribution in [3.8, 4) is 5.75 Å². The molecule has 1 fully saturated rings. The number of sulfonamides is 1. The molecule has 5 nitrogen and oxygen atoms in total. The standard InChI is InChI=1S/C12H17NO4S/c1-9-4-5-10(7-12(9)14)13-18(15,16)8-11-3-2-6-17-11/h4-5,7,11,13-14H,2-3,6,8H2,1H3. The van der Waals surface area contributed by atoms with Gasteiger partial charge in [0.25, 0.3) is 0 Å². The van der Waals surface area contributed by atoms with Crippen molar-refractivity contribution in [1.82, 2.24) is 0 Å². The highest BCUT2D eigenvalue weighted by atomic mass is 32.2. The largest absolute Gasteiger partial charge is 0.508 e. The maximum absolute atomic E-state index is 11.9. The molecule has 0 aliphatic carbocycles. The van der Waals surface area contributed by atoms with E-state index in [4.69, 9.17) is 4.74 Å². The topological polar surface area (TPSA) is 75.6 Å². The number of hydrogen-bond acceptors (Lipinski definition) is 4. The van der Waals surface area contributed by atoms with Gasteiger partial charge >= 0.3 is 0 Å². The first kappa shape index (κ1) is 13.2. The van der Waals surface area contributed by atoms with E-state index in [9.17, 15) is 13.5 Å². The van der Waals surface area contributed by atoms with Crippen LogP contribution in [0, 0.1) is 6.92 Å². The minimum atomic E-state index is -3.43. The average Bonchev–Trinajstić information content (AvgIpc) is 2.75. The van der Waals surface area contributed by atoms with Crippen molar-refractivity contribution in [1.29, 1.82) is 0 Å². The second-order valence-corrected chi connectivity index (χ2v) is 6.29. The van der Waals surface area contributed by atoms with Crippen molar-refractivity contribution < 1.29 is 18.3 Å². The molecule has 1 aromatic rings. The number of nitrogens with one attached hydrogen (secondary N) is 1. The Balaban J connectivity index is 2.04. The number of benzene rings is 1. The zero-order valence-corrected chi connectivity index (χ0v) is 11.0. The van der Waals surface area contributed by atoms with Crippen LogP contribution < -0.4 is 4.72 Å². The summed E-state index contributed by atoms with van der Waals surface area (Å²) >= 11 is 0. The molecule has 1 aliphatic heterocycles. The van der Waals surface area contributed by atoms with E-state index < -0.39 is 10.0 Å². The fourth-order valence-electron chi connectivity index (χ4n) is 1.91. The molecule has 1 aromatic carbocycles. The van der Waals surface area contributed by atoms with E-state index in [1.165, 1.54) is 6.07 Å². The van der Waals surface area contributed by atoms with Crippen LogP contribution in [0.1, 0.15) is 18.4 Å². The van der Waals surface area contributed by atoms with Gasteiger partial charge in [-0.05, 0) is 31.4 Å². The second kappa shape index (κ2) is 5.16. The fraction of sp³-hybridized carbons (Fsp3) is 0.500. The third kappa shape index (κ3) is 3.36. The van der Waals surface area contributed by atoms with Gasteiger partial charge < -0.3 is 9.84 Å². The molecule has 1 saturated heterocycles. The van der Waals surface area contributed by atoms with Gasteiger partial charge in [-0.15, -0.1) is 0 Å². The van der Waals surface area contributed by atoms with Crippen LogP contribution in [0.3, 0.4) is 0 Å². The lowest BCUT2D eigenvalue weighted by Gasteiger charge is -2.12. The molecule has 1 heterocycles. The molecule has 0 bridgehead atoms. The van der Waals surface area contributed by atoms with Crippen molar-refractivity contribution in [3.63, 3.8) is 0 Å². The highest BCUT2D eigenvalue weighted by Crippen LogP contribution is 2.22. The molecule has 18 heavy (non-hydrogen) atoms. The molecular formula is C12H17NO4S. The van der Waals surface area contributed by atoms with Gasteiger partial charge in [0.2, 0.25) is 10.0 Å². The number of phenols is 1. The first-order valence-corrected chi connectivity index (χ1v) is 7.53. The number of aromatic hydroxyl groups is 1. The molecule has 100 valence electrons. The van der Waals surface area contributed by atoms with Crippen LogP contribution in [0.5, 0.6) is 5.75 Å². The highest BCUT2D eigenvalue weighted by molar-refractivity contribution is 7.92. The number of ether oxygens (including phenoxy) is 1. The lowest BCUT2D eigenvalue weighted by Crippen LogP contribution is -2.25. The summed E-state index contributed by atoms with van der Waals surface area (Å²) in [6.45, 7) is 2.38. The minimum Gasteiger partial charge on any atom is -0.508 e. The summed E-state index contributed by atoms with van der Waals surface area (Å²) in [5.41, 5.74) is 1.08. The molecular weight excluding hydrogens is 254 g/mol. The van der Waals surface area contributed by atoms with Crippen molar-refractivity contribution >= 4 is 15.7 Å². The number of rotatable bonds is 4. The van der Waals surface area contributed by atoms with Gasteiger partial charge in [-0.2, -0.15) is 0 Å². The average molecular weight is 271 g/mol. The number of phenolic OH excluding ortho intramolecular Hbond substituents is 1. The van der Waals surface area contributed by atoms with Crippen molar-refractivity contribution in [2.75, 3.05) is 17.1 Å². The third-order valence-corrected chi connectivity index (χ3v) is 4.27. The summed E-state index contributed by atoms with van der Waals surface area (Å²) in [7, 11) is -3.43. The molecule has 0 amide bonds. The Morgan fingerprint density at radius 1 is 1.50 bits per heavy atom. The first-order chi connectivity index (χ1) is 8.46. The van der Waals surface area contributed by atoms with Crippen molar-refractivity contribution in [2.24, 2.45) is 0 Å². The van der Waals surface area contributed by atoms with Gasteiger partial charge in [0, 0.05) is 12.7 Å². The van der Waals surface area contributed by atoms with E-state index in [1.807, 2.05) is 0 Å². The van der Waals surface area contributed by atoms with Gasteiger partial charge in [-0.25, -0.2) is 8.42 Å². The zero-order valence-electron chi connectivity index (χ0n) is 10.2. The van der Waals surface area contributed by atoms with E-state index in [1.54, 1.807) is 19.1 Å². The molecule has 0 aromatic heterocycles. The van der Waals surface area contributed by atoms with Crippen LogP contribution in [-0.2, 0) is 14.8 Å². The molecule has 1 atom stereocenters. The van der Waals surface area contributed by atoms with Crippen LogP contribution in [0.4, 0.5) is 5.69 Å². The molecule has 0 saturated carbocycles. The predicted molar refractivity (Wildman–Crippen MR) is 69.2 cm³/mol. The van der Waals surface area contributed by atoms with Gasteiger partial charge in [0.05, 0.1) is 17.5 Å². The van der Waals surface area contributed by atoms with Gasteiger partial charge in [-0.1, -0.05) is 6.07 Å². The lowest BCUT2D eigenvalue weighted by molar-refractivity contribution is 0.127. The van der Waals surface area contributed by atoms with E-state index in [0.717, 1.165) is 12.8 Å². The zero-order chi connectivity index (χ0) is 13.2. The summed E-state index contributed by atoms with van der Waals surface area (Å²) < 4.78 is 31.5. The molecule has 0 spiro atoms. The van der Waals surface area contributed by atoms with E-state index in [0.29, 0.717) is 17.9 Å². The molecule has 1 aliphatic rings. The Morgan fingerprint density at radius 3 is 2.89 bits per heavy atom. The lowest BCUT2D eigenvalue weighted by atomic mass is 10.2. The van der Waals surface area contributed by atoms with Gasteiger partial charge in [0.15, 0.2) is 0 Å². The Kier molecular flexibility index (Phi) is 3.77. The van der Waals surface area contributed by atoms with E-state index in [2.05, 4.69) is 4.72 Å². The maximum atomic E-state index is 11.9. The summed E-state index contributed by atoms with van der Waals surface area (Å²) in [5, 5.41) is 9.52. The Labute approximate surface area is 107 Å². The summed E-state index contributed by atoms with van der Waals surface area (Å²) in [4.78, 5) is 0. The third-order valence-electron chi connectivity index (χ3n) is 2.91. The van der Waals surface area contributed by atoms with Crippen LogP contribution in [0.15, 0.2) is 18.2 Å². The predicted octanol–water partition coefficient (Wildman–Crippen LogP) is 1.62. The number of hydrogen-bond donors (Lipinski definition) is 2. The van der Waals surface area contributed by atoms with Gasteiger partial charge in [-0.3, -0.25) is 4.72 Å². The molecule has 2 N–H and O–H groups in total. The molecule has 6 heteroatoms. The Hall–Kier alpha value is -1.27. The maximum Gasteiger partial charge on any atom is 0.235 e. The van der Waals surface area contributed by atoms with E-state index in [-0.39, 0.29) is 17.6 Å². The van der Waals surface area contributed by atoms with Crippen LogP contribution >= 0.6 is 0 Å². The van der Waals surface area contributed by atoms with Crippen LogP contribution in [0.25, 0.3) is 0 Å². The summed E-state index contributed by atoms with van der Waals surface area (Å²) in [6, 6.07) is 4.70. The first-order valence-electron chi connectivity index (χ1n) is 5.88. The van der Waals surface area contributed by atoms with Gasteiger partial charge in [0.1, 0.15) is 5.75 Å². The Bertz CT molecular complexity index is 521. The van der Waals surface area contributed by atoms with Crippen molar-refractivity contribution in [2.45, 2.75) is 25.9 Å².